The van der Waals surface area contributed by atoms with Crippen LogP contribution in [0.5, 0.6) is 0 Å². The summed E-state index contributed by atoms with van der Waals surface area (Å²) >= 11 is 0. The van der Waals surface area contributed by atoms with Gasteiger partial charge in [-0.05, 0) is 26.3 Å². The number of fused-ring (bicyclic) bond motifs is 2. The number of methoxy groups -OCH3 is 1. The lowest BCUT2D eigenvalue weighted by atomic mass is 9.98. The zero-order valence-corrected chi connectivity index (χ0v) is 8.32. The molecule has 3 heteroatoms. The van der Waals surface area contributed by atoms with Crippen molar-refractivity contribution in [3.8, 4) is 0 Å². The minimum absolute atomic E-state index is 0.0127. The summed E-state index contributed by atoms with van der Waals surface area (Å²) in [4.78, 5) is 13.8. The number of nitrogens with zero attached hydrogens (tertiary/aromatic N) is 1. The highest BCUT2D eigenvalue weighted by Crippen LogP contribution is 2.38. The first kappa shape index (κ1) is 9.00. The van der Waals surface area contributed by atoms with Crippen LogP contribution in [0.2, 0.25) is 0 Å². The summed E-state index contributed by atoms with van der Waals surface area (Å²) in [7, 11) is 3.63. The lowest BCUT2D eigenvalue weighted by Gasteiger charge is -2.31. The lowest BCUT2D eigenvalue weighted by molar-refractivity contribution is -0.146. The molecule has 3 atom stereocenters. The van der Waals surface area contributed by atoms with Crippen molar-refractivity contribution in [3.63, 3.8) is 0 Å². The molecule has 0 aromatic carbocycles. The Kier molecular flexibility index (Phi) is 2.28. The van der Waals surface area contributed by atoms with Crippen molar-refractivity contribution in [2.24, 2.45) is 5.92 Å². The number of carbonyl (C=O) groups excluding carboxylic acids is 1. The first-order valence-electron chi connectivity index (χ1n) is 5.04. The van der Waals surface area contributed by atoms with Crippen molar-refractivity contribution in [3.05, 3.63) is 0 Å². The SMILES string of the molecule is COC(=O)[C@@H]1C[C@H]2CCC[C@@H]1N2C. The van der Waals surface area contributed by atoms with Crippen LogP contribution >= 0.6 is 0 Å². The average molecular weight is 183 g/mol. The molecule has 0 amide bonds. The second kappa shape index (κ2) is 3.29. The van der Waals surface area contributed by atoms with Crippen LogP contribution in [0.15, 0.2) is 0 Å². The van der Waals surface area contributed by atoms with E-state index in [0.717, 1.165) is 12.8 Å². The molecule has 3 nitrogen and oxygen atoms in total. The number of carbonyl (C=O) groups is 1. The number of piperidine rings is 1. The van der Waals surface area contributed by atoms with Gasteiger partial charge in [0.15, 0.2) is 0 Å². The van der Waals surface area contributed by atoms with Gasteiger partial charge in [-0.25, -0.2) is 0 Å². The Morgan fingerprint density at radius 2 is 2.23 bits per heavy atom. The molecule has 2 rings (SSSR count). The van der Waals surface area contributed by atoms with E-state index in [-0.39, 0.29) is 11.9 Å². The smallest absolute Gasteiger partial charge is 0.310 e. The topological polar surface area (TPSA) is 29.5 Å². The highest BCUT2D eigenvalue weighted by atomic mass is 16.5. The van der Waals surface area contributed by atoms with E-state index in [1.165, 1.54) is 20.0 Å². The molecule has 2 fully saturated rings. The van der Waals surface area contributed by atoms with Gasteiger partial charge < -0.3 is 4.74 Å². The predicted molar refractivity (Wildman–Crippen MR) is 49.3 cm³/mol. The predicted octanol–water partition coefficient (Wildman–Crippen LogP) is 1.03. The molecule has 0 radical (unpaired) electrons. The minimum Gasteiger partial charge on any atom is -0.469 e. The van der Waals surface area contributed by atoms with Crippen molar-refractivity contribution in [1.82, 2.24) is 4.90 Å². The van der Waals surface area contributed by atoms with E-state index in [4.69, 9.17) is 4.74 Å². The van der Waals surface area contributed by atoms with Crippen LogP contribution < -0.4 is 0 Å². The second-order valence-electron chi connectivity index (χ2n) is 4.18. The normalized spacial score (nSPS) is 39.1. The highest BCUT2D eigenvalue weighted by molar-refractivity contribution is 5.73. The van der Waals surface area contributed by atoms with Gasteiger partial charge in [0.25, 0.3) is 0 Å². The van der Waals surface area contributed by atoms with Crippen LogP contribution in [0, 0.1) is 5.92 Å². The molecular formula is C10H17NO2. The van der Waals surface area contributed by atoms with E-state index >= 15 is 0 Å². The largest absolute Gasteiger partial charge is 0.469 e. The molecule has 0 aromatic heterocycles. The van der Waals surface area contributed by atoms with Crippen molar-refractivity contribution >= 4 is 5.97 Å². The van der Waals surface area contributed by atoms with E-state index in [0.29, 0.717) is 12.1 Å². The summed E-state index contributed by atoms with van der Waals surface area (Å²) < 4.78 is 4.83. The molecule has 2 aliphatic heterocycles. The molecule has 2 aliphatic rings. The maximum Gasteiger partial charge on any atom is 0.310 e. The third-order valence-electron chi connectivity index (χ3n) is 3.63. The third kappa shape index (κ3) is 1.35. The summed E-state index contributed by atoms with van der Waals surface area (Å²) in [5, 5.41) is 0. The van der Waals surface area contributed by atoms with Crippen LogP contribution in [0.1, 0.15) is 25.7 Å². The minimum atomic E-state index is -0.0127. The number of hydrogen-bond donors (Lipinski definition) is 0. The van der Waals surface area contributed by atoms with Crippen molar-refractivity contribution in [2.75, 3.05) is 14.2 Å². The monoisotopic (exact) mass is 183 g/mol. The van der Waals surface area contributed by atoms with E-state index in [2.05, 4.69) is 11.9 Å². The van der Waals surface area contributed by atoms with Gasteiger partial charge in [0.1, 0.15) is 0 Å². The molecule has 2 heterocycles. The molecule has 0 aliphatic carbocycles. The molecule has 0 N–H and O–H groups in total. The highest BCUT2D eigenvalue weighted by Gasteiger charge is 2.45. The van der Waals surface area contributed by atoms with Gasteiger partial charge in [0, 0.05) is 12.1 Å². The second-order valence-corrected chi connectivity index (χ2v) is 4.18. The molecule has 13 heavy (non-hydrogen) atoms. The number of rotatable bonds is 1. The number of esters is 1. The standard InChI is InChI=1S/C10H17NO2/c1-11-7-4-3-5-9(11)8(6-7)10(12)13-2/h7-9H,3-6H2,1-2H3/t7-,8-,9+/m1/s1. The Labute approximate surface area is 79.0 Å². The van der Waals surface area contributed by atoms with Gasteiger partial charge in [-0.2, -0.15) is 0 Å². The fraction of sp³-hybridized carbons (Fsp3) is 0.900. The first-order chi connectivity index (χ1) is 6.24. The molecule has 0 saturated carbocycles. The van der Waals surface area contributed by atoms with Crippen molar-refractivity contribution < 1.29 is 9.53 Å². The van der Waals surface area contributed by atoms with Crippen LogP contribution in [-0.4, -0.2) is 37.1 Å². The summed E-state index contributed by atoms with van der Waals surface area (Å²) in [5.74, 6) is 0.128. The Hall–Kier alpha value is -0.570. The lowest BCUT2D eigenvalue weighted by Crippen LogP contribution is -2.39. The summed E-state index contributed by atoms with van der Waals surface area (Å²) in [5.41, 5.74) is 0. The van der Waals surface area contributed by atoms with Gasteiger partial charge >= 0.3 is 5.97 Å². The van der Waals surface area contributed by atoms with Crippen LogP contribution in [0.3, 0.4) is 0 Å². The third-order valence-corrected chi connectivity index (χ3v) is 3.63. The van der Waals surface area contributed by atoms with Gasteiger partial charge in [-0.1, -0.05) is 6.42 Å². The quantitative estimate of drug-likeness (QED) is 0.569. The number of hydrogen-bond acceptors (Lipinski definition) is 3. The Morgan fingerprint density at radius 1 is 1.46 bits per heavy atom. The van der Waals surface area contributed by atoms with Gasteiger partial charge in [-0.3, -0.25) is 9.69 Å². The first-order valence-corrected chi connectivity index (χ1v) is 5.04. The van der Waals surface area contributed by atoms with Crippen molar-refractivity contribution in [2.45, 2.75) is 37.8 Å². The van der Waals surface area contributed by atoms with Gasteiger partial charge in [-0.15, -0.1) is 0 Å². The number of ether oxygens (including phenoxy) is 1. The van der Waals surface area contributed by atoms with Crippen LogP contribution in [-0.2, 0) is 9.53 Å². The molecule has 2 bridgehead atoms. The fourth-order valence-electron chi connectivity index (χ4n) is 2.86. The Bertz CT molecular complexity index is 217. The average Bonchev–Trinajstić information content (AvgIpc) is 2.39. The van der Waals surface area contributed by atoms with Gasteiger partial charge in [0.2, 0.25) is 0 Å². The zero-order chi connectivity index (χ0) is 9.42. The fourth-order valence-corrected chi connectivity index (χ4v) is 2.86. The molecule has 2 saturated heterocycles. The Balaban J connectivity index is 2.11. The van der Waals surface area contributed by atoms with Gasteiger partial charge in [0.05, 0.1) is 13.0 Å². The maximum atomic E-state index is 11.5. The zero-order valence-electron chi connectivity index (χ0n) is 8.32. The molecule has 0 spiro atoms. The summed E-state index contributed by atoms with van der Waals surface area (Å²) in [6, 6.07) is 1.08. The molecule has 74 valence electrons. The van der Waals surface area contributed by atoms with E-state index in [9.17, 15) is 4.79 Å². The molecule has 0 aromatic rings. The van der Waals surface area contributed by atoms with Crippen molar-refractivity contribution in [1.29, 1.82) is 0 Å². The summed E-state index contributed by atoms with van der Waals surface area (Å²) in [6.45, 7) is 0. The summed E-state index contributed by atoms with van der Waals surface area (Å²) in [6.07, 6.45) is 4.69. The van der Waals surface area contributed by atoms with Crippen LogP contribution in [0.4, 0.5) is 0 Å². The van der Waals surface area contributed by atoms with E-state index in [1.54, 1.807) is 0 Å². The maximum absolute atomic E-state index is 11.5. The van der Waals surface area contributed by atoms with E-state index < -0.39 is 0 Å². The molecule has 0 unspecified atom stereocenters. The Morgan fingerprint density at radius 3 is 2.85 bits per heavy atom. The van der Waals surface area contributed by atoms with Crippen LogP contribution in [0.25, 0.3) is 0 Å². The molecular weight excluding hydrogens is 166 g/mol. The van der Waals surface area contributed by atoms with E-state index in [1.807, 2.05) is 0 Å².